The van der Waals surface area contributed by atoms with Crippen molar-refractivity contribution < 1.29 is 33.7 Å². The van der Waals surface area contributed by atoms with Crippen LogP contribution >= 0.6 is 0 Å². The zero-order valence-corrected chi connectivity index (χ0v) is 19.9. The molecule has 8 heteroatoms. The monoisotopic (exact) mass is 457 g/mol. The highest BCUT2D eigenvalue weighted by atomic mass is 16.5. The number of esters is 2. The number of Topliss-reactive ketones (excluding diaryl/α,β-unsaturated/α-hetero) is 1. The quantitative estimate of drug-likeness (QED) is 0.494. The van der Waals surface area contributed by atoms with E-state index in [4.69, 9.17) is 14.2 Å². The van der Waals surface area contributed by atoms with Crippen LogP contribution in [0, 0.1) is 11.8 Å². The van der Waals surface area contributed by atoms with Crippen LogP contribution in [0.25, 0.3) is 0 Å². The molecule has 1 heterocycles. The lowest BCUT2D eigenvalue weighted by Crippen LogP contribution is -2.43. The van der Waals surface area contributed by atoms with Crippen molar-refractivity contribution in [3.63, 3.8) is 0 Å². The molecule has 0 fully saturated rings. The number of dihydropyridines is 1. The summed E-state index contributed by atoms with van der Waals surface area (Å²) in [5.74, 6) is -3.39. The summed E-state index contributed by atoms with van der Waals surface area (Å²) in [6.45, 7) is 9.21. The SMILES string of the molecule is CCOc1cc([C@@H]2C(C(=O)OC(C)C)=C(C)NC3=C2C(=O)[C@@H](C(=O)OC)[C@@H](C)C3)ccc1O. The lowest BCUT2D eigenvalue weighted by Gasteiger charge is -2.38. The Morgan fingerprint density at radius 2 is 1.97 bits per heavy atom. The first-order chi connectivity index (χ1) is 15.6. The number of rotatable bonds is 6. The van der Waals surface area contributed by atoms with Crippen molar-refractivity contribution in [2.75, 3.05) is 13.7 Å². The van der Waals surface area contributed by atoms with Crippen molar-refractivity contribution in [1.82, 2.24) is 5.32 Å². The first-order valence-electron chi connectivity index (χ1n) is 11.1. The summed E-state index contributed by atoms with van der Waals surface area (Å²) >= 11 is 0. The third kappa shape index (κ3) is 4.60. The number of carbonyl (C=O) groups excluding carboxylic acids is 3. The van der Waals surface area contributed by atoms with Gasteiger partial charge in [-0.25, -0.2) is 4.79 Å². The molecule has 1 aromatic rings. The average Bonchev–Trinajstić information content (AvgIpc) is 2.73. The molecule has 0 radical (unpaired) electrons. The van der Waals surface area contributed by atoms with E-state index in [1.807, 2.05) is 6.92 Å². The smallest absolute Gasteiger partial charge is 0.337 e. The first-order valence-corrected chi connectivity index (χ1v) is 11.1. The standard InChI is InChI=1S/C25H31NO7/c1-7-32-18-11-15(8-9-17(18)27)21-20(25(30)33-12(2)3)14(5)26-16-10-13(4)19(24(29)31-6)23(28)22(16)21/h8-9,11-13,19,21,26-27H,7,10H2,1-6H3/t13-,19-,21+/m0/s1. The number of hydrogen-bond acceptors (Lipinski definition) is 8. The summed E-state index contributed by atoms with van der Waals surface area (Å²) in [6.07, 6.45) is 0.0787. The Labute approximate surface area is 193 Å². The summed E-state index contributed by atoms with van der Waals surface area (Å²) in [7, 11) is 1.26. The van der Waals surface area contributed by atoms with Gasteiger partial charge in [-0.2, -0.15) is 0 Å². The van der Waals surface area contributed by atoms with Crippen LogP contribution in [0.15, 0.2) is 40.7 Å². The number of phenols is 1. The molecule has 178 valence electrons. The molecule has 0 amide bonds. The molecule has 1 aliphatic carbocycles. The number of nitrogens with one attached hydrogen (secondary N) is 1. The van der Waals surface area contributed by atoms with E-state index in [9.17, 15) is 19.5 Å². The van der Waals surface area contributed by atoms with E-state index in [-0.39, 0.29) is 34.9 Å². The Bertz CT molecular complexity index is 1040. The molecule has 3 rings (SSSR count). The Balaban J connectivity index is 2.22. The van der Waals surface area contributed by atoms with E-state index in [1.54, 1.807) is 39.8 Å². The summed E-state index contributed by atoms with van der Waals surface area (Å²) in [5.41, 5.74) is 2.43. The Morgan fingerprint density at radius 1 is 1.27 bits per heavy atom. The fourth-order valence-electron chi connectivity index (χ4n) is 4.54. The van der Waals surface area contributed by atoms with Crippen LogP contribution < -0.4 is 10.1 Å². The maximum Gasteiger partial charge on any atom is 0.337 e. The van der Waals surface area contributed by atoms with Gasteiger partial charge in [-0.15, -0.1) is 0 Å². The number of benzene rings is 1. The second-order valence-electron chi connectivity index (χ2n) is 8.65. The lowest BCUT2D eigenvalue weighted by molar-refractivity contribution is -0.151. The van der Waals surface area contributed by atoms with Crippen molar-refractivity contribution in [1.29, 1.82) is 0 Å². The van der Waals surface area contributed by atoms with Gasteiger partial charge in [-0.1, -0.05) is 13.0 Å². The fraction of sp³-hybridized carbons (Fsp3) is 0.480. The molecule has 33 heavy (non-hydrogen) atoms. The third-order valence-corrected chi connectivity index (χ3v) is 5.92. The number of carbonyl (C=O) groups is 3. The molecule has 3 atom stereocenters. The van der Waals surface area contributed by atoms with Gasteiger partial charge >= 0.3 is 11.9 Å². The van der Waals surface area contributed by atoms with E-state index in [0.29, 0.717) is 35.6 Å². The number of allylic oxidation sites excluding steroid dienone is 3. The van der Waals surface area contributed by atoms with E-state index in [2.05, 4.69) is 5.32 Å². The van der Waals surface area contributed by atoms with E-state index in [1.165, 1.54) is 13.2 Å². The Hall–Kier alpha value is -3.29. The number of ether oxygens (including phenoxy) is 3. The molecule has 0 saturated heterocycles. The number of methoxy groups -OCH3 is 1. The fourth-order valence-corrected chi connectivity index (χ4v) is 4.54. The highest BCUT2D eigenvalue weighted by Gasteiger charge is 2.47. The molecular weight excluding hydrogens is 426 g/mol. The van der Waals surface area contributed by atoms with Gasteiger partial charge in [0.2, 0.25) is 0 Å². The van der Waals surface area contributed by atoms with Crippen molar-refractivity contribution in [2.45, 2.75) is 53.1 Å². The number of hydrogen-bond donors (Lipinski definition) is 2. The van der Waals surface area contributed by atoms with E-state index >= 15 is 0 Å². The van der Waals surface area contributed by atoms with Crippen LogP contribution in [0.1, 0.15) is 52.5 Å². The minimum atomic E-state index is -0.970. The number of ketones is 1. The zero-order chi connectivity index (χ0) is 24.4. The number of phenolic OH excluding ortho intramolecular Hbond substituents is 1. The van der Waals surface area contributed by atoms with Gasteiger partial charge in [0, 0.05) is 22.9 Å². The highest BCUT2D eigenvalue weighted by molar-refractivity contribution is 6.12. The van der Waals surface area contributed by atoms with Crippen molar-refractivity contribution in [3.05, 3.63) is 46.3 Å². The topological polar surface area (TPSA) is 111 Å². The maximum absolute atomic E-state index is 13.7. The lowest BCUT2D eigenvalue weighted by atomic mass is 9.69. The van der Waals surface area contributed by atoms with E-state index in [0.717, 1.165) is 0 Å². The number of aromatic hydroxyl groups is 1. The van der Waals surface area contributed by atoms with E-state index < -0.39 is 23.8 Å². The van der Waals surface area contributed by atoms with Crippen molar-refractivity contribution in [2.24, 2.45) is 11.8 Å². The predicted octanol–water partition coefficient (Wildman–Crippen LogP) is 3.36. The maximum atomic E-state index is 13.7. The van der Waals surface area contributed by atoms with Crippen LogP contribution in [0.5, 0.6) is 11.5 Å². The highest BCUT2D eigenvalue weighted by Crippen LogP contribution is 2.46. The van der Waals surface area contributed by atoms with Crippen molar-refractivity contribution in [3.8, 4) is 11.5 Å². The second kappa shape index (κ2) is 9.68. The molecule has 8 nitrogen and oxygen atoms in total. The van der Waals surface area contributed by atoms with Crippen LogP contribution in [-0.4, -0.2) is 42.6 Å². The van der Waals surface area contributed by atoms with Gasteiger partial charge < -0.3 is 24.6 Å². The summed E-state index contributed by atoms with van der Waals surface area (Å²) in [5, 5.41) is 13.4. The third-order valence-electron chi connectivity index (χ3n) is 5.92. The second-order valence-corrected chi connectivity index (χ2v) is 8.65. The summed E-state index contributed by atoms with van der Waals surface area (Å²) in [4.78, 5) is 39.3. The largest absolute Gasteiger partial charge is 0.504 e. The molecule has 0 spiro atoms. The first kappa shape index (κ1) is 24.4. The minimum Gasteiger partial charge on any atom is -0.504 e. The van der Waals surface area contributed by atoms with Gasteiger partial charge in [0.1, 0.15) is 5.92 Å². The van der Waals surface area contributed by atoms with Gasteiger partial charge in [-0.05, 0) is 57.7 Å². The Kier molecular flexibility index (Phi) is 7.15. The normalized spacial score (nSPS) is 22.6. The van der Waals surface area contributed by atoms with Gasteiger partial charge in [-0.3, -0.25) is 9.59 Å². The van der Waals surface area contributed by atoms with Gasteiger partial charge in [0.25, 0.3) is 0 Å². The van der Waals surface area contributed by atoms with Gasteiger partial charge in [0.15, 0.2) is 17.3 Å². The molecule has 0 aromatic heterocycles. The van der Waals surface area contributed by atoms with Crippen LogP contribution in [0.3, 0.4) is 0 Å². The molecule has 1 aromatic carbocycles. The van der Waals surface area contributed by atoms with Crippen LogP contribution in [0.2, 0.25) is 0 Å². The molecule has 0 bridgehead atoms. The zero-order valence-electron chi connectivity index (χ0n) is 19.9. The Morgan fingerprint density at radius 3 is 2.58 bits per heavy atom. The molecule has 2 N–H and O–H groups in total. The van der Waals surface area contributed by atoms with Crippen LogP contribution in [0.4, 0.5) is 0 Å². The molecule has 1 aliphatic heterocycles. The van der Waals surface area contributed by atoms with Gasteiger partial charge in [0.05, 0.1) is 25.4 Å². The molecular formula is C25H31NO7. The van der Waals surface area contributed by atoms with Crippen LogP contribution in [-0.2, 0) is 23.9 Å². The molecule has 2 aliphatic rings. The molecule has 0 saturated carbocycles. The molecule has 0 unspecified atom stereocenters. The summed E-state index contributed by atoms with van der Waals surface area (Å²) < 4.78 is 15.9. The summed E-state index contributed by atoms with van der Waals surface area (Å²) in [6, 6.07) is 4.73. The minimum absolute atomic E-state index is 0.0493. The van der Waals surface area contributed by atoms with Crippen molar-refractivity contribution >= 4 is 17.7 Å². The predicted molar refractivity (Wildman–Crippen MR) is 120 cm³/mol. The average molecular weight is 458 g/mol.